The van der Waals surface area contributed by atoms with Crippen LogP contribution in [0.2, 0.25) is 0 Å². The van der Waals surface area contributed by atoms with Crippen molar-refractivity contribution in [3.8, 4) is 5.75 Å². The minimum atomic E-state index is -0.254. The quantitative estimate of drug-likeness (QED) is 0.892. The van der Waals surface area contributed by atoms with E-state index >= 15 is 0 Å². The highest BCUT2D eigenvalue weighted by atomic mass is 16.5. The van der Waals surface area contributed by atoms with Crippen molar-refractivity contribution >= 4 is 17.5 Å². The molecule has 23 heavy (non-hydrogen) atoms. The molecule has 0 atom stereocenters. The van der Waals surface area contributed by atoms with Crippen LogP contribution in [0, 0.1) is 13.8 Å². The van der Waals surface area contributed by atoms with E-state index < -0.39 is 0 Å². The Bertz CT molecular complexity index is 709. The summed E-state index contributed by atoms with van der Waals surface area (Å²) in [5, 5.41) is 5.27. The molecule has 0 spiro atoms. The molecule has 0 aliphatic rings. The van der Waals surface area contributed by atoms with Crippen LogP contribution in [0.25, 0.3) is 0 Å². The molecule has 5 heteroatoms. The third-order valence-electron chi connectivity index (χ3n) is 3.51. The van der Waals surface area contributed by atoms with Crippen molar-refractivity contribution in [3.05, 3.63) is 59.2 Å². The van der Waals surface area contributed by atoms with E-state index in [0.717, 1.165) is 5.56 Å². The summed E-state index contributed by atoms with van der Waals surface area (Å²) < 4.78 is 5.48. The zero-order valence-corrected chi connectivity index (χ0v) is 13.5. The predicted octanol–water partition coefficient (Wildman–Crippen LogP) is 2.68. The van der Waals surface area contributed by atoms with Gasteiger partial charge in [0.05, 0.1) is 0 Å². The number of hydrogen-bond acceptors (Lipinski definition) is 3. The molecule has 0 saturated heterocycles. The van der Waals surface area contributed by atoms with Gasteiger partial charge in [-0.1, -0.05) is 6.07 Å². The van der Waals surface area contributed by atoms with E-state index in [1.54, 1.807) is 31.3 Å². The fourth-order valence-electron chi connectivity index (χ4n) is 2.00. The zero-order chi connectivity index (χ0) is 16.8. The van der Waals surface area contributed by atoms with Gasteiger partial charge in [0.1, 0.15) is 5.75 Å². The maximum Gasteiger partial charge on any atom is 0.262 e. The standard InChI is InChI=1S/C18H20N2O3/c1-12-4-9-16(10-13(12)2)23-11-17(21)20-15-7-5-14(6-8-15)18(22)19-3/h4-10H,11H2,1-3H3,(H,19,22)(H,20,21). The van der Waals surface area contributed by atoms with Crippen LogP contribution in [0.5, 0.6) is 5.75 Å². The highest BCUT2D eigenvalue weighted by molar-refractivity contribution is 5.95. The Morgan fingerprint density at radius 1 is 1.00 bits per heavy atom. The molecule has 0 unspecified atom stereocenters. The fourth-order valence-corrected chi connectivity index (χ4v) is 2.00. The first-order chi connectivity index (χ1) is 11.0. The third-order valence-corrected chi connectivity index (χ3v) is 3.51. The summed E-state index contributed by atoms with van der Waals surface area (Å²) in [6.45, 7) is 3.95. The molecular formula is C18H20N2O3. The molecule has 0 fully saturated rings. The first-order valence-corrected chi connectivity index (χ1v) is 7.31. The Kier molecular flexibility index (Phi) is 5.36. The second kappa shape index (κ2) is 7.45. The van der Waals surface area contributed by atoms with Crippen molar-refractivity contribution in [1.82, 2.24) is 5.32 Å². The Morgan fingerprint density at radius 3 is 2.30 bits per heavy atom. The summed E-state index contributed by atoms with van der Waals surface area (Å²) in [7, 11) is 1.57. The molecule has 0 aliphatic heterocycles. The SMILES string of the molecule is CNC(=O)c1ccc(NC(=O)COc2ccc(C)c(C)c2)cc1. The zero-order valence-electron chi connectivity index (χ0n) is 13.5. The van der Waals surface area contributed by atoms with Crippen LogP contribution in [0.15, 0.2) is 42.5 Å². The van der Waals surface area contributed by atoms with Crippen molar-refractivity contribution in [1.29, 1.82) is 0 Å². The third kappa shape index (κ3) is 4.57. The van der Waals surface area contributed by atoms with Crippen LogP contribution in [-0.2, 0) is 4.79 Å². The summed E-state index contributed by atoms with van der Waals surface area (Å²) in [6, 6.07) is 12.4. The topological polar surface area (TPSA) is 67.4 Å². The largest absolute Gasteiger partial charge is 0.484 e. The Morgan fingerprint density at radius 2 is 1.70 bits per heavy atom. The number of carbonyl (C=O) groups is 2. The number of rotatable bonds is 5. The molecule has 0 radical (unpaired) electrons. The fraction of sp³-hybridized carbons (Fsp3) is 0.222. The summed E-state index contributed by atoms with van der Waals surface area (Å²) in [5.41, 5.74) is 3.45. The van der Waals surface area contributed by atoms with Crippen molar-refractivity contribution < 1.29 is 14.3 Å². The van der Waals surface area contributed by atoms with Crippen LogP contribution < -0.4 is 15.4 Å². The lowest BCUT2D eigenvalue weighted by atomic mass is 10.1. The molecule has 2 aromatic rings. The molecule has 5 nitrogen and oxygen atoms in total. The highest BCUT2D eigenvalue weighted by Gasteiger charge is 2.06. The number of ether oxygens (including phenoxy) is 1. The Balaban J connectivity index is 1.89. The average Bonchev–Trinajstić information content (AvgIpc) is 2.56. The van der Waals surface area contributed by atoms with Crippen LogP contribution in [-0.4, -0.2) is 25.5 Å². The number of amides is 2. The lowest BCUT2D eigenvalue weighted by Gasteiger charge is -2.09. The summed E-state index contributed by atoms with van der Waals surface area (Å²) in [4.78, 5) is 23.3. The molecular weight excluding hydrogens is 292 g/mol. The lowest BCUT2D eigenvalue weighted by molar-refractivity contribution is -0.118. The van der Waals surface area contributed by atoms with E-state index in [2.05, 4.69) is 10.6 Å². The smallest absolute Gasteiger partial charge is 0.262 e. The van der Waals surface area contributed by atoms with Gasteiger partial charge in [-0.25, -0.2) is 0 Å². The highest BCUT2D eigenvalue weighted by Crippen LogP contribution is 2.16. The van der Waals surface area contributed by atoms with Crippen LogP contribution in [0.1, 0.15) is 21.5 Å². The van der Waals surface area contributed by atoms with Gasteiger partial charge in [0.2, 0.25) is 0 Å². The maximum absolute atomic E-state index is 11.9. The van der Waals surface area contributed by atoms with Crippen molar-refractivity contribution in [2.75, 3.05) is 19.0 Å². The minimum absolute atomic E-state index is 0.0697. The predicted molar refractivity (Wildman–Crippen MR) is 89.9 cm³/mol. The number of nitrogens with one attached hydrogen (secondary N) is 2. The van der Waals surface area contributed by atoms with E-state index in [1.807, 2.05) is 32.0 Å². The van der Waals surface area contributed by atoms with Gasteiger partial charge in [0.15, 0.2) is 6.61 Å². The van der Waals surface area contributed by atoms with Gasteiger partial charge in [-0.15, -0.1) is 0 Å². The molecule has 0 aliphatic carbocycles. The van der Waals surface area contributed by atoms with E-state index in [1.165, 1.54) is 5.56 Å². The van der Waals surface area contributed by atoms with Crippen LogP contribution in [0.4, 0.5) is 5.69 Å². The van der Waals surface area contributed by atoms with Crippen molar-refractivity contribution in [2.45, 2.75) is 13.8 Å². The van der Waals surface area contributed by atoms with Gasteiger partial charge in [0, 0.05) is 18.3 Å². The first-order valence-electron chi connectivity index (χ1n) is 7.31. The van der Waals surface area contributed by atoms with Gasteiger partial charge in [0.25, 0.3) is 11.8 Å². The van der Waals surface area contributed by atoms with E-state index in [0.29, 0.717) is 17.0 Å². The van der Waals surface area contributed by atoms with Crippen LogP contribution >= 0.6 is 0 Å². The first kappa shape index (κ1) is 16.5. The van der Waals surface area contributed by atoms with Crippen LogP contribution in [0.3, 0.4) is 0 Å². The monoisotopic (exact) mass is 312 g/mol. The molecule has 0 bridgehead atoms. The summed E-state index contributed by atoms with van der Waals surface area (Å²) in [5.74, 6) is 0.245. The van der Waals surface area contributed by atoms with E-state index in [9.17, 15) is 9.59 Å². The molecule has 2 N–H and O–H groups in total. The van der Waals surface area contributed by atoms with E-state index in [-0.39, 0.29) is 18.4 Å². The van der Waals surface area contributed by atoms with E-state index in [4.69, 9.17) is 4.74 Å². The summed E-state index contributed by atoms with van der Waals surface area (Å²) in [6.07, 6.45) is 0. The maximum atomic E-state index is 11.9. The van der Waals surface area contributed by atoms with Gasteiger partial charge in [-0.05, 0) is 61.4 Å². The molecule has 0 heterocycles. The molecule has 0 aromatic heterocycles. The Labute approximate surface area is 135 Å². The lowest BCUT2D eigenvalue weighted by Crippen LogP contribution is -2.20. The summed E-state index contributed by atoms with van der Waals surface area (Å²) >= 11 is 0. The molecule has 120 valence electrons. The second-order valence-electron chi connectivity index (χ2n) is 5.24. The van der Waals surface area contributed by atoms with Crippen molar-refractivity contribution in [3.63, 3.8) is 0 Å². The Hall–Kier alpha value is -2.82. The van der Waals surface area contributed by atoms with Crippen molar-refractivity contribution in [2.24, 2.45) is 0 Å². The number of anilines is 1. The molecule has 0 saturated carbocycles. The van der Waals surface area contributed by atoms with Gasteiger partial charge in [-0.2, -0.15) is 0 Å². The minimum Gasteiger partial charge on any atom is -0.484 e. The average molecular weight is 312 g/mol. The molecule has 2 rings (SSSR count). The van der Waals surface area contributed by atoms with Gasteiger partial charge < -0.3 is 15.4 Å². The normalized spacial score (nSPS) is 10.0. The molecule has 2 aromatic carbocycles. The number of hydrogen-bond donors (Lipinski definition) is 2. The number of aryl methyl sites for hydroxylation is 2. The molecule has 2 amide bonds. The number of carbonyl (C=O) groups excluding carboxylic acids is 2. The second-order valence-corrected chi connectivity index (χ2v) is 5.24. The number of benzene rings is 2. The van der Waals surface area contributed by atoms with Gasteiger partial charge >= 0.3 is 0 Å². The van der Waals surface area contributed by atoms with Gasteiger partial charge in [-0.3, -0.25) is 9.59 Å².